The van der Waals surface area contributed by atoms with E-state index in [1.807, 2.05) is 12.3 Å². The van der Waals surface area contributed by atoms with Crippen LogP contribution in [0.5, 0.6) is 0 Å². The Balaban J connectivity index is 2.37. The van der Waals surface area contributed by atoms with E-state index in [0.717, 1.165) is 42.2 Å². The summed E-state index contributed by atoms with van der Waals surface area (Å²) in [6.07, 6.45) is 3.12. The summed E-state index contributed by atoms with van der Waals surface area (Å²) in [6, 6.07) is 9.06. The van der Waals surface area contributed by atoms with Crippen LogP contribution in [0.1, 0.15) is 18.9 Å². The summed E-state index contributed by atoms with van der Waals surface area (Å²) in [5.41, 5.74) is 1.92. The molecule has 0 spiro atoms. The highest BCUT2D eigenvalue weighted by Crippen LogP contribution is 2.30. The number of rotatable bonds is 5. The average Bonchev–Trinajstić information content (AvgIpc) is 2.35. The number of benzene rings is 1. The van der Waals surface area contributed by atoms with Crippen LogP contribution in [0.15, 0.2) is 23.1 Å². The summed E-state index contributed by atoms with van der Waals surface area (Å²) in [5, 5.41) is 12.7. The van der Waals surface area contributed by atoms with E-state index in [4.69, 9.17) is 0 Å². The van der Waals surface area contributed by atoms with Gasteiger partial charge in [-0.2, -0.15) is 5.26 Å². The number of nitrogens with one attached hydrogen (secondary N) is 1. The highest BCUT2D eigenvalue weighted by atomic mass is 32.2. The zero-order valence-corrected chi connectivity index (χ0v) is 11.8. The van der Waals surface area contributed by atoms with Crippen molar-refractivity contribution in [3.05, 3.63) is 23.8 Å². The maximum atomic E-state index is 9.41. The number of nitriles is 1. The van der Waals surface area contributed by atoms with Crippen LogP contribution in [0.2, 0.25) is 0 Å². The van der Waals surface area contributed by atoms with E-state index in [2.05, 4.69) is 35.3 Å². The van der Waals surface area contributed by atoms with E-state index in [9.17, 15) is 5.26 Å². The van der Waals surface area contributed by atoms with Gasteiger partial charge in [-0.15, -0.1) is 11.8 Å². The molecule has 0 saturated carbocycles. The Kier molecular flexibility index (Phi) is 4.51. The first-order chi connectivity index (χ1) is 8.81. The van der Waals surface area contributed by atoms with Crippen LogP contribution < -0.4 is 10.2 Å². The molecule has 3 nitrogen and oxygen atoms in total. The number of anilines is 1. The third-order valence-electron chi connectivity index (χ3n) is 3.31. The Bertz CT molecular complexity index is 449. The van der Waals surface area contributed by atoms with Crippen LogP contribution in [0.25, 0.3) is 0 Å². The molecular formula is C14H19N3S. The van der Waals surface area contributed by atoms with Crippen LogP contribution in [-0.4, -0.2) is 31.9 Å². The quantitative estimate of drug-likeness (QED) is 0.827. The molecule has 0 amide bonds. The fraction of sp³-hybridized carbons (Fsp3) is 0.500. The minimum Gasteiger partial charge on any atom is -0.365 e. The molecule has 1 aliphatic heterocycles. The second kappa shape index (κ2) is 6.12. The first-order valence-electron chi connectivity index (χ1n) is 6.36. The molecule has 0 aromatic heterocycles. The second-order valence-corrected chi connectivity index (χ2v) is 5.32. The fourth-order valence-corrected chi connectivity index (χ4v) is 2.84. The molecule has 4 heteroatoms. The summed E-state index contributed by atoms with van der Waals surface area (Å²) in [5.74, 6) is 0. The topological polar surface area (TPSA) is 39.1 Å². The molecule has 0 unspecified atom stereocenters. The summed E-state index contributed by atoms with van der Waals surface area (Å²) >= 11 is 1.64. The van der Waals surface area contributed by atoms with Gasteiger partial charge in [0.25, 0.3) is 0 Å². The lowest BCUT2D eigenvalue weighted by atomic mass is 10.1. The normalized spacial score (nSPS) is 14.9. The molecule has 96 valence electrons. The molecular weight excluding hydrogens is 242 g/mol. The third-order valence-corrected chi connectivity index (χ3v) is 4.09. The van der Waals surface area contributed by atoms with Crippen LogP contribution in [-0.2, 0) is 0 Å². The SMILES string of the molecule is CCCN(c1cccc(SC)c1C#N)C1CNC1. The largest absolute Gasteiger partial charge is 0.365 e. The third kappa shape index (κ3) is 2.47. The van der Waals surface area contributed by atoms with E-state index in [0.29, 0.717) is 6.04 Å². The zero-order chi connectivity index (χ0) is 13.0. The summed E-state index contributed by atoms with van der Waals surface area (Å²) in [6.45, 7) is 5.24. The van der Waals surface area contributed by atoms with Gasteiger partial charge in [-0.25, -0.2) is 0 Å². The van der Waals surface area contributed by atoms with Gasteiger partial charge in [0, 0.05) is 24.5 Å². The maximum Gasteiger partial charge on any atom is 0.103 e. The van der Waals surface area contributed by atoms with Crippen LogP contribution in [0.4, 0.5) is 5.69 Å². The van der Waals surface area contributed by atoms with Gasteiger partial charge in [-0.05, 0) is 24.8 Å². The van der Waals surface area contributed by atoms with Crippen molar-refractivity contribution in [1.82, 2.24) is 5.32 Å². The van der Waals surface area contributed by atoms with Gasteiger partial charge in [-0.1, -0.05) is 13.0 Å². The molecule has 0 atom stereocenters. The molecule has 1 aromatic carbocycles. The molecule has 0 aliphatic carbocycles. The van der Waals surface area contributed by atoms with Crippen molar-refractivity contribution >= 4 is 17.4 Å². The van der Waals surface area contributed by atoms with Gasteiger partial charge >= 0.3 is 0 Å². The standard InChI is InChI=1S/C14H19N3S/c1-3-7-17(11-9-16-10-11)13-5-4-6-14(18-2)12(13)8-15/h4-6,11,16H,3,7,9-10H2,1-2H3. The molecule has 2 rings (SSSR count). The highest BCUT2D eigenvalue weighted by Gasteiger charge is 2.26. The molecule has 1 heterocycles. The minimum absolute atomic E-state index is 0.536. The molecule has 1 saturated heterocycles. The predicted octanol–water partition coefficient (Wildman–Crippen LogP) is 2.47. The van der Waals surface area contributed by atoms with Gasteiger partial charge in [0.15, 0.2) is 0 Å². The average molecular weight is 261 g/mol. The Morgan fingerprint density at radius 2 is 2.28 bits per heavy atom. The van der Waals surface area contributed by atoms with Gasteiger partial charge in [0.2, 0.25) is 0 Å². The van der Waals surface area contributed by atoms with Crippen molar-refractivity contribution in [3.8, 4) is 6.07 Å². The monoisotopic (exact) mass is 261 g/mol. The Morgan fingerprint density at radius 3 is 2.78 bits per heavy atom. The lowest BCUT2D eigenvalue weighted by molar-refractivity contribution is 0.412. The highest BCUT2D eigenvalue weighted by molar-refractivity contribution is 7.98. The second-order valence-electron chi connectivity index (χ2n) is 4.47. The number of thioether (sulfide) groups is 1. The van der Waals surface area contributed by atoms with E-state index in [-0.39, 0.29) is 0 Å². The van der Waals surface area contributed by atoms with Crippen molar-refractivity contribution < 1.29 is 0 Å². The van der Waals surface area contributed by atoms with Gasteiger partial charge in [0.1, 0.15) is 6.07 Å². The van der Waals surface area contributed by atoms with E-state index >= 15 is 0 Å². The minimum atomic E-state index is 0.536. The first-order valence-corrected chi connectivity index (χ1v) is 7.58. The first kappa shape index (κ1) is 13.3. The van der Waals surface area contributed by atoms with Crippen LogP contribution >= 0.6 is 11.8 Å². The molecule has 0 radical (unpaired) electrons. The van der Waals surface area contributed by atoms with Gasteiger partial charge in [-0.3, -0.25) is 0 Å². The Labute approximate surface area is 113 Å². The molecule has 0 bridgehead atoms. The Morgan fingerprint density at radius 1 is 1.50 bits per heavy atom. The number of hydrogen-bond donors (Lipinski definition) is 1. The zero-order valence-electron chi connectivity index (χ0n) is 10.9. The molecule has 18 heavy (non-hydrogen) atoms. The van der Waals surface area contributed by atoms with E-state index < -0.39 is 0 Å². The molecule has 1 N–H and O–H groups in total. The van der Waals surface area contributed by atoms with Crippen molar-refractivity contribution in [2.24, 2.45) is 0 Å². The summed E-state index contributed by atoms with van der Waals surface area (Å²) in [4.78, 5) is 3.46. The summed E-state index contributed by atoms with van der Waals surface area (Å²) in [7, 11) is 0. The lowest BCUT2D eigenvalue weighted by Crippen LogP contribution is -2.57. The molecule has 1 fully saturated rings. The molecule has 1 aliphatic rings. The van der Waals surface area contributed by atoms with Crippen molar-refractivity contribution in [2.75, 3.05) is 30.8 Å². The Hall–Kier alpha value is -1.18. The van der Waals surface area contributed by atoms with Gasteiger partial charge in [0.05, 0.1) is 17.3 Å². The predicted molar refractivity (Wildman–Crippen MR) is 77.2 cm³/mol. The summed E-state index contributed by atoms with van der Waals surface area (Å²) < 4.78 is 0. The number of hydrogen-bond acceptors (Lipinski definition) is 4. The molecule has 1 aromatic rings. The van der Waals surface area contributed by atoms with Crippen molar-refractivity contribution in [3.63, 3.8) is 0 Å². The van der Waals surface area contributed by atoms with Crippen molar-refractivity contribution in [2.45, 2.75) is 24.3 Å². The lowest BCUT2D eigenvalue weighted by Gasteiger charge is -2.40. The van der Waals surface area contributed by atoms with Gasteiger partial charge < -0.3 is 10.2 Å². The maximum absolute atomic E-state index is 9.41. The van der Waals surface area contributed by atoms with Crippen molar-refractivity contribution in [1.29, 1.82) is 5.26 Å². The van der Waals surface area contributed by atoms with E-state index in [1.54, 1.807) is 11.8 Å². The fourth-order valence-electron chi connectivity index (χ4n) is 2.28. The van der Waals surface area contributed by atoms with E-state index in [1.165, 1.54) is 0 Å². The number of nitrogens with zero attached hydrogens (tertiary/aromatic N) is 2. The van der Waals surface area contributed by atoms with Crippen LogP contribution in [0.3, 0.4) is 0 Å². The smallest absolute Gasteiger partial charge is 0.103 e. The van der Waals surface area contributed by atoms with Crippen LogP contribution in [0, 0.1) is 11.3 Å².